The van der Waals surface area contributed by atoms with Gasteiger partial charge in [0, 0.05) is 6.07 Å². The fraction of sp³-hybridized carbons (Fsp3) is 0.636. The van der Waals surface area contributed by atoms with Crippen LogP contribution in [0.2, 0.25) is 0 Å². The van der Waals surface area contributed by atoms with Gasteiger partial charge in [-0.05, 0) is 20.8 Å². The third kappa shape index (κ3) is 5.73. The Morgan fingerprint density at radius 2 is 1.79 bits per heavy atom. The number of ether oxygens (including phenoxy) is 2. The van der Waals surface area contributed by atoms with Crippen LogP contribution in [0.25, 0.3) is 0 Å². The summed E-state index contributed by atoms with van der Waals surface area (Å²) < 4.78 is 47.7. The highest BCUT2D eigenvalue weighted by molar-refractivity contribution is 5.33. The van der Waals surface area contributed by atoms with Crippen LogP contribution in [0.3, 0.4) is 0 Å². The Labute approximate surface area is 108 Å². The minimum Gasteiger partial charge on any atom is -0.475 e. The molecule has 0 aliphatic heterocycles. The molecule has 8 heteroatoms. The molecule has 1 rings (SSSR count). The fourth-order valence-corrected chi connectivity index (χ4v) is 1.14. The predicted molar refractivity (Wildman–Crippen MR) is 62.6 cm³/mol. The largest absolute Gasteiger partial charge is 0.475 e. The second-order valence-electron chi connectivity index (χ2n) is 4.76. The highest BCUT2D eigenvalue weighted by Crippen LogP contribution is 2.28. The summed E-state index contributed by atoms with van der Waals surface area (Å²) in [6, 6.07) is 1.13. The maximum atomic E-state index is 12.4. The Hall–Kier alpha value is -1.57. The van der Waals surface area contributed by atoms with Gasteiger partial charge < -0.3 is 15.2 Å². The van der Waals surface area contributed by atoms with Crippen LogP contribution in [0.5, 0.6) is 5.88 Å². The first kappa shape index (κ1) is 15.5. The number of rotatable bonds is 4. The average molecular weight is 279 g/mol. The third-order valence-corrected chi connectivity index (χ3v) is 1.84. The van der Waals surface area contributed by atoms with Crippen LogP contribution in [-0.4, -0.2) is 28.8 Å². The van der Waals surface area contributed by atoms with Gasteiger partial charge in [-0.15, -0.1) is 0 Å². The van der Waals surface area contributed by atoms with Crippen LogP contribution in [-0.2, 0) is 10.9 Å². The SMILES string of the molecule is CC(C)(C)OCCOc1cc(N)nc(C(F)(F)F)n1. The first-order valence-corrected chi connectivity index (χ1v) is 5.56. The van der Waals surface area contributed by atoms with E-state index in [1.807, 2.05) is 20.8 Å². The van der Waals surface area contributed by atoms with Gasteiger partial charge in [0.25, 0.3) is 0 Å². The van der Waals surface area contributed by atoms with E-state index >= 15 is 0 Å². The molecule has 1 heterocycles. The minimum atomic E-state index is -4.66. The molecule has 0 spiro atoms. The van der Waals surface area contributed by atoms with Gasteiger partial charge in [-0.3, -0.25) is 0 Å². The standard InChI is InChI=1S/C11H16F3N3O2/c1-10(2,3)19-5-4-18-8-6-7(15)16-9(17-8)11(12,13)14/h6H,4-5H2,1-3H3,(H2,15,16,17). The van der Waals surface area contributed by atoms with Crippen molar-refractivity contribution in [2.24, 2.45) is 0 Å². The van der Waals surface area contributed by atoms with Crippen molar-refractivity contribution in [1.29, 1.82) is 0 Å². The zero-order chi connectivity index (χ0) is 14.7. The number of hydrogen-bond acceptors (Lipinski definition) is 5. The molecule has 1 aromatic heterocycles. The van der Waals surface area contributed by atoms with E-state index in [9.17, 15) is 13.2 Å². The summed E-state index contributed by atoms with van der Waals surface area (Å²) in [4.78, 5) is 6.35. The first-order valence-electron chi connectivity index (χ1n) is 5.56. The predicted octanol–water partition coefficient (Wildman–Crippen LogP) is 2.27. The molecule has 108 valence electrons. The third-order valence-electron chi connectivity index (χ3n) is 1.84. The zero-order valence-corrected chi connectivity index (χ0v) is 10.9. The molecule has 0 fully saturated rings. The summed E-state index contributed by atoms with van der Waals surface area (Å²) in [6.45, 7) is 5.88. The number of alkyl halides is 3. The number of aromatic nitrogens is 2. The summed E-state index contributed by atoms with van der Waals surface area (Å²) in [5.74, 6) is -1.84. The highest BCUT2D eigenvalue weighted by atomic mass is 19.4. The van der Waals surface area contributed by atoms with Crippen molar-refractivity contribution in [1.82, 2.24) is 9.97 Å². The van der Waals surface area contributed by atoms with E-state index in [-0.39, 0.29) is 30.5 Å². The Balaban J connectivity index is 2.62. The fourth-order valence-electron chi connectivity index (χ4n) is 1.14. The van der Waals surface area contributed by atoms with E-state index in [0.29, 0.717) is 0 Å². The second kappa shape index (κ2) is 5.60. The van der Waals surface area contributed by atoms with E-state index < -0.39 is 12.0 Å². The van der Waals surface area contributed by atoms with Gasteiger partial charge in [0.1, 0.15) is 12.4 Å². The summed E-state index contributed by atoms with van der Waals surface area (Å²) in [5.41, 5.74) is 4.93. The van der Waals surface area contributed by atoms with Crippen molar-refractivity contribution in [3.63, 3.8) is 0 Å². The number of nitrogens with zero attached hydrogens (tertiary/aromatic N) is 2. The Bertz CT molecular complexity index is 430. The lowest BCUT2D eigenvalue weighted by Crippen LogP contribution is -2.23. The van der Waals surface area contributed by atoms with Crippen LogP contribution >= 0.6 is 0 Å². The lowest BCUT2D eigenvalue weighted by Gasteiger charge is -2.19. The van der Waals surface area contributed by atoms with Crippen molar-refractivity contribution in [2.45, 2.75) is 32.5 Å². The molecule has 0 bridgehead atoms. The van der Waals surface area contributed by atoms with E-state index in [2.05, 4.69) is 9.97 Å². The number of nitrogens with two attached hydrogens (primary N) is 1. The maximum absolute atomic E-state index is 12.4. The number of anilines is 1. The number of halogens is 3. The molecular formula is C11H16F3N3O2. The van der Waals surface area contributed by atoms with Crippen molar-refractivity contribution < 1.29 is 22.6 Å². The van der Waals surface area contributed by atoms with Gasteiger partial charge >= 0.3 is 6.18 Å². The van der Waals surface area contributed by atoms with Crippen molar-refractivity contribution in [2.75, 3.05) is 18.9 Å². The van der Waals surface area contributed by atoms with Gasteiger partial charge in [0.2, 0.25) is 11.7 Å². The van der Waals surface area contributed by atoms with Gasteiger partial charge in [0.15, 0.2) is 0 Å². The van der Waals surface area contributed by atoms with Crippen LogP contribution < -0.4 is 10.5 Å². The van der Waals surface area contributed by atoms with E-state index in [1.165, 1.54) is 0 Å². The quantitative estimate of drug-likeness (QED) is 0.856. The van der Waals surface area contributed by atoms with Crippen LogP contribution in [0.1, 0.15) is 26.6 Å². The molecule has 0 unspecified atom stereocenters. The monoisotopic (exact) mass is 279 g/mol. The van der Waals surface area contributed by atoms with E-state index in [0.717, 1.165) is 6.07 Å². The smallest absolute Gasteiger partial charge is 0.451 e. The van der Waals surface area contributed by atoms with E-state index in [1.54, 1.807) is 0 Å². The topological polar surface area (TPSA) is 70.3 Å². The summed E-state index contributed by atoms with van der Waals surface area (Å²) in [6.07, 6.45) is -4.66. The van der Waals surface area contributed by atoms with Crippen molar-refractivity contribution in [3.8, 4) is 5.88 Å². The average Bonchev–Trinajstić information content (AvgIpc) is 2.21. The zero-order valence-electron chi connectivity index (χ0n) is 10.9. The van der Waals surface area contributed by atoms with Gasteiger partial charge in [0.05, 0.1) is 12.2 Å². The lowest BCUT2D eigenvalue weighted by atomic mass is 10.2. The lowest BCUT2D eigenvalue weighted by molar-refractivity contribution is -0.145. The molecule has 1 aromatic rings. The molecule has 19 heavy (non-hydrogen) atoms. The highest BCUT2D eigenvalue weighted by Gasteiger charge is 2.35. The summed E-state index contributed by atoms with van der Waals surface area (Å²) in [7, 11) is 0. The molecule has 0 radical (unpaired) electrons. The molecular weight excluding hydrogens is 263 g/mol. The molecule has 5 nitrogen and oxygen atoms in total. The molecule has 0 amide bonds. The van der Waals surface area contributed by atoms with Gasteiger partial charge in [-0.25, -0.2) is 4.98 Å². The number of nitrogen functional groups attached to an aromatic ring is 1. The van der Waals surface area contributed by atoms with Crippen LogP contribution in [0.15, 0.2) is 6.07 Å². The molecule has 0 saturated heterocycles. The Kier molecular flexibility index (Phi) is 4.56. The van der Waals surface area contributed by atoms with E-state index in [4.69, 9.17) is 15.2 Å². The molecule has 0 atom stereocenters. The molecule has 0 aliphatic rings. The molecule has 2 N–H and O–H groups in total. The van der Waals surface area contributed by atoms with Crippen molar-refractivity contribution >= 4 is 5.82 Å². The Morgan fingerprint density at radius 1 is 1.16 bits per heavy atom. The first-order chi connectivity index (χ1) is 8.58. The number of hydrogen-bond donors (Lipinski definition) is 1. The normalized spacial score (nSPS) is 12.5. The van der Waals surface area contributed by atoms with Crippen LogP contribution in [0, 0.1) is 0 Å². The maximum Gasteiger partial charge on any atom is 0.451 e. The molecule has 0 saturated carbocycles. The van der Waals surface area contributed by atoms with Crippen LogP contribution in [0.4, 0.5) is 19.0 Å². The van der Waals surface area contributed by atoms with Gasteiger partial charge in [-0.1, -0.05) is 0 Å². The summed E-state index contributed by atoms with van der Waals surface area (Å²) in [5, 5.41) is 0. The second-order valence-corrected chi connectivity index (χ2v) is 4.76. The van der Waals surface area contributed by atoms with Gasteiger partial charge in [-0.2, -0.15) is 18.2 Å². The minimum absolute atomic E-state index is 0.0744. The molecule has 0 aliphatic carbocycles. The van der Waals surface area contributed by atoms with Crippen molar-refractivity contribution in [3.05, 3.63) is 11.9 Å². The summed E-state index contributed by atoms with van der Waals surface area (Å²) >= 11 is 0. The Morgan fingerprint density at radius 3 is 2.32 bits per heavy atom. The molecule has 0 aromatic carbocycles.